The van der Waals surface area contributed by atoms with Crippen LogP contribution < -0.4 is 0 Å². The second-order valence-corrected chi connectivity index (χ2v) is 5.64. The van der Waals surface area contributed by atoms with E-state index in [9.17, 15) is 0 Å². The number of benzene rings is 2. The van der Waals surface area contributed by atoms with Gasteiger partial charge in [-0.1, -0.05) is 23.7 Å². The van der Waals surface area contributed by atoms with Crippen molar-refractivity contribution in [3.63, 3.8) is 0 Å². The Morgan fingerprint density at radius 1 is 1.09 bits per heavy atom. The maximum absolute atomic E-state index is 5.92. The topological polar surface area (TPSA) is 46.5 Å². The third kappa shape index (κ3) is 2.18. The van der Waals surface area contributed by atoms with Crippen LogP contribution in [0, 0.1) is 6.92 Å². The number of imidazole rings is 1. The number of aromatic amines is 1. The Labute approximate surface area is 132 Å². The number of aryl methyl sites for hydroxylation is 1. The molecule has 0 saturated carbocycles. The summed E-state index contributed by atoms with van der Waals surface area (Å²) in [6.45, 7) is 2.06. The van der Waals surface area contributed by atoms with Gasteiger partial charge in [-0.3, -0.25) is 0 Å². The van der Waals surface area contributed by atoms with Gasteiger partial charge in [-0.05, 0) is 42.8 Å². The average molecular weight is 309 g/mol. The molecule has 0 aliphatic rings. The normalized spacial score (nSPS) is 11.2. The number of rotatable bonds is 2. The van der Waals surface area contributed by atoms with Gasteiger partial charge in [0.15, 0.2) is 0 Å². The molecule has 4 aromatic rings. The molecular formula is C17H13ClN4. The number of H-pyrrole nitrogens is 1. The Bertz CT molecular complexity index is 950. The number of hydrogen-bond donors (Lipinski definition) is 1. The molecule has 4 rings (SSSR count). The first-order chi connectivity index (χ1) is 10.7. The van der Waals surface area contributed by atoms with Crippen LogP contribution in [0.1, 0.15) is 5.56 Å². The smallest absolute Gasteiger partial charge is 0.141 e. The van der Waals surface area contributed by atoms with E-state index in [0.29, 0.717) is 5.02 Å². The van der Waals surface area contributed by atoms with Gasteiger partial charge >= 0.3 is 0 Å². The monoisotopic (exact) mass is 308 g/mol. The highest BCUT2D eigenvalue weighted by Crippen LogP contribution is 2.23. The summed E-state index contributed by atoms with van der Waals surface area (Å²) >= 11 is 5.92. The van der Waals surface area contributed by atoms with Crippen molar-refractivity contribution in [1.82, 2.24) is 19.7 Å². The van der Waals surface area contributed by atoms with Crippen LogP contribution in [-0.4, -0.2) is 19.7 Å². The molecule has 0 aliphatic carbocycles. The first-order valence-electron chi connectivity index (χ1n) is 6.97. The van der Waals surface area contributed by atoms with Crippen molar-refractivity contribution in [2.45, 2.75) is 6.92 Å². The van der Waals surface area contributed by atoms with E-state index in [0.717, 1.165) is 33.7 Å². The van der Waals surface area contributed by atoms with Gasteiger partial charge in [-0.15, -0.1) is 0 Å². The summed E-state index contributed by atoms with van der Waals surface area (Å²) < 4.78 is 1.81. The highest BCUT2D eigenvalue weighted by molar-refractivity contribution is 6.30. The average Bonchev–Trinajstić information content (AvgIpc) is 3.15. The fourth-order valence-corrected chi connectivity index (χ4v) is 2.62. The second-order valence-electron chi connectivity index (χ2n) is 5.21. The minimum Gasteiger partial charge on any atom is -0.338 e. The molecule has 108 valence electrons. The van der Waals surface area contributed by atoms with Crippen molar-refractivity contribution in [3.8, 4) is 17.1 Å². The molecule has 0 unspecified atom stereocenters. The van der Waals surface area contributed by atoms with Crippen molar-refractivity contribution >= 4 is 22.6 Å². The van der Waals surface area contributed by atoms with Crippen molar-refractivity contribution in [1.29, 1.82) is 0 Å². The highest BCUT2D eigenvalue weighted by atomic mass is 35.5. The van der Waals surface area contributed by atoms with Crippen LogP contribution in [0.15, 0.2) is 54.9 Å². The number of aromatic nitrogens is 4. The SMILES string of the molecule is Cc1cccc2[nH]c(-c3cnn(-c4ccc(Cl)cc4)c3)nc12. The minimum absolute atomic E-state index is 0.712. The standard InChI is InChI=1S/C17H13ClN4/c1-11-3-2-4-15-16(11)21-17(20-15)12-9-19-22(10-12)14-7-5-13(18)6-8-14/h2-10H,1H3,(H,20,21). The molecule has 2 aromatic carbocycles. The minimum atomic E-state index is 0.712. The maximum atomic E-state index is 5.92. The van der Waals surface area contributed by atoms with Crippen molar-refractivity contribution < 1.29 is 0 Å². The van der Waals surface area contributed by atoms with Crippen LogP contribution >= 0.6 is 11.6 Å². The van der Waals surface area contributed by atoms with Crippen molar-refractivity contribution in [3.05, 3.63) is 65.4 Å². The highest BCUT2D eigenvalue weighted by Gasteiger charge is 2.09. The summed E-state index contributed by atoms with van der Waals surface area (Å²) in [5.74, 6) is 0.824. The zero-order chi connectivity index (χ0) is 15.1. The molecule has 22 heavy (non-hydrogen) atoms. The maximum Gasteiger partial charge on any atom is 0.141 e. The van der Waals surface area contributed by atoms with E-state index >= 15 is 0 Å². The van der Waals surface area contributed by atoms with Crippen LogP contribution in [0.2, 0.25) is 5.02 Å². The van der Waals surface area contributed by atoms with E-state index in [1.54, 1.807) is 0 Å². The number of fused-ring (bicyclic) bond motifs is 1. The van der Waals surface area contributed by atoms with Crippen molar-refractivity contribution in [2.75, 3.05) is 0 Å². The second kappa shape index (κ2) is 5.00. The molecule has 0 fully saturated rings. The molecule has 0 bridgehead atoms. The van der Waals surface area contributed by atoms with Crippen LogP contribution in [0.5, 0.6) is 0 Å². The van der Waals surface area contributed by atoms with E-state index in [4.69, 9.17) is 11.6 Å². The van der Waals surface area contributed by atoms with Crippen LogP contribution in [0.4, 0.5) is 0 Å². The summed E-state index contributed by atoms with van der Waals surface area (Å²) in [5.41, 5.74) is 5.10. The van der Waals surface area contributed by atoms with Gasteiger partial charge in [0.05, 0.1) is 28.5 Å². The summed E-state index contributed by atoms with van der Waals surface area (Å²) in [6.07, 6.45) is 3.76. The fourth-order valence-electron chi connectivity index (χ4n) is 2.49. The molecule has 0 spiro atoms. The Morgan fingerprint density at radius 2 is 1.91 bits per heavy atom. The van der Waals surface area contributed by atoms with Gasteiger partial charge in [0.25, 0.3) is 0 Å². The molecule has 0 amide bonds. The lowest BCUT2D eigenvalue weighted by molar-refractivity contribution is 0.880. The van der Waals surface area contributed by atoms with E-state index in [2.05, 4.69) is 28.1 Å². The van der Waals surface area contributed by atoms with Crippen LogP contribution in [0.3, 0.4) is 0 Å². The Balaban J connectivity index is 1.76. The third-order valence-corrected chi connectivity index (χ3v) is 3.91. The number of hydrogen-bond acceptors (Lipinski definition) is 2. The molecule has 5 heteroatoms. The fraction of sp³-hybridized carbons (Fsp3) is 0.0588. The Kier molecular flexibility index (Phi) is 2.98. The third-order valence-electron chi connectivity index (χ3n) is 3.66. The summed E-state index contributed by atoms with van der Waals surface area (Å²) in [7, 11) is 0. The molecule has 4 nitrogen and oxygen atoms in total. The predicted molar refractivity (Wildman–Crippen MR) is 88.4 cm³/mol. The molecule has 0 saturated heterocycles. The van der Waals surface area contributed by atoms with Gasteiger partial charge in [0.1, 0.15) is 5.82 Å². The van der Waals surface area contributed by atoms with Gasteiger partial charge in [0, 0.05) is 11.2 Å². The molecule has 0 radical (unpaired) electrons. The van der Waals surface area contributed by atoms with E-state index in [1.807, 2.05) is 53.5 Å². The molecule has 2 aromatic heterocycles. The van der Waals surface area contributed by atoms with Crippen molar-refractivity contribution in [2.24, 2.45) is 0 Å². The van der Waals surface area contributed by atoms with Gasteiger partial charge in [0.2, 0.25) is 0 Å². The van der Waals surface area contributed by atoms with Crippen LogP contribution in [-0.2, 0) is 0 Å². The molecule has 1 N–H and O–H groups in total. The quantitative estimate of drug-likeness (QED) is 0.597. The Hall–Kier alpha value is -2.59. The lowest BCUT2D eigenvalue weighted by atomic mass is 10.2. The zero-order valence-corrected chi connectivity index (χ0v) is 12.7. The molecular weight excluding hydrogens is 296 g/mol. The van der Waals surface area contributed by atoms with Gasteiger partial charge < -0.3 is 4.98 Å². The lowest BCUT2D eigenvalue weighted by Crippen LogP contribution is -1.92. The lowest BCUT2D eigenvalue weighted by Gasteiger charge is -1.99. The van der Waals surface area contributed by atoms with Crippen LogP contribution in [0.25, 0.3) is 28.1 Å². The zero-order valence-electron chi connectivity index (χ0n) is 11.9. The summed E-state index contributed by atoms with van der Waals surface area (Å²) in [5, 5.41) is 5.11. The summed E-state index contributed by atoms with van der Waals surface area (Å²) in [6, 6.07) is 13.7. The predicted octanol–water partition coefficient (Wildman–Crippen LogP) is 4.38. The number of nitrogens with zero attached hydrogens (tertiary/aromatic N) is 3. The first kappa shape index (κ1) is 13.1. The first-order valence-corrected chi connectivity index (χ1v) is 7.35. The molecule has 0 aliphatic heterocycles. The van der Waals surface area contributed by atoms with E-state index in [1.165, 1.54) is 0 Å². The summed E-state index contributed by atoms with van der Waals surface area (Å²) in [4.78, 5) is 8.01. The van der Waals surface area contributed by atoms with Gasteiger partial charge in [-0.25, -0.2) is 9.67 Å². The number of nitrogens with one attached hydrogen (secondary N) is 1. The number of para-hydroxylation sites is 1. The number of halogens is 1. The largest absolute Gasteiger partial charge is 0.338 e. The van der Waals surface area contributed by atoms with E-state index in [-0.39, 0.29) is 0 Å². The molecule has 0 atom stereocenters. The van der Waals surface area contributed by atoms with E-state index < -0.39 is 0 Å². The Morgan fingerprint density at radius 3 is 2.68 bits per heavy atom. The van der Waals surface area contributed by atoms with Gasteiger partial charge in [-0.2, -0.15) is 5.10 Å². The molecule has 2 heterocycles.